The Hall–Kier alpha value is -0.930. The molecule has 1 aromatic carbocycles. The van der Waals surface area contributed by atoms with Gasteiger partial charge in [-0.2, -0.15) is 0 Å². The van der Waals surface area contributed by atoms with Crippen LogP contribution in [0, 0.1) is 5.92 Å². The lowest BCUT2D eigenvalue weighted by molar-refractivity contribution is 0.321. The lowest BCUT2D eigenvalue weighted by Crippen LogP contribution is -2.37. The molecule has 1 atom stereocenters. The average Bonchev–Trinajstić information content (AvgIpc) is 2.71. The number of hydrogen-bond donors (Lipinski definition) is 1. The van der Waals surface area contributed by atoms with Gasteiger partial charge in [-0.1, -0.05) is 44.7 Å². The quantitative estimate of drug-likeness (QED) is 0.803. The highest BCUT2D eigenvalue weighted by Gasteiger charge is 2.23. The molecule has 1 aliphatic rings. The SMILES string of the molecule is CCNC(Cc1nc2ccccc2s1)C1CCCCCC1. The third-order valence-corrected chi connectivity index (χ3v) is 5.73. The summed E-state index contributed by atoms with van der Waals surface area (Å²) in [6.07, 6.45) is 9.55. The summed E-state index contributed by atoms with van der Waals surface area (Å²) in [7, 11) is 0. The molecule has 114 valence electrons. The van der Waals surface area contributed by atoms with E-state index in [4.69, 9.17) is 4.98 Å². The zero-order valence-electron chi connectivity index (χ0n) is 13.0. The van der Waals surface area contributed by atoms with Crippen molar-refractivity contribution in [1.29, 1.82) is 0 Å². The van der Waals surface area contributed by atoms with E-state index in [1.54, 1.807) is 0 Å². The zero-order chi connectivity index (χ0) is 14.5. The van der Waals surface area contributed by atoms with Crippen LogP contribution < -0.4 is 5.32 Å². The minimum atomic E-state index is 0.605. The van der Waals surface area contributed by atoms with Crippen LogP contribution in [-0.4, -0.2) is 17.6 Å². The molecule has 0 amide bonds. The van der Waals surface area contributed by atoms with E-state index < -0.39 is 0 Å². The fourth-order valence-corrected chi connectivity index (χ4v) is 4.60. The molecule has 1 aliphatic carbocycles. The molecule has 2 aromatic rings. The molecule has 1 heterocycles. The summed E-state index contributed by atoms with van der Waals surface area (Å²) >= 11 is 1.87. The van der Waals surface area contributed by atoms with Crippen molar-refractivity contribution in [1.82, 2.24) is 10.3 Å². The molecule has 1 saturated carbocycles. The molecule has 0 saturated heterocycles. The van der Waals surface area contributed by atoms with Gasteiger partial charge in [-0.05, 0) is 37.4 Å². The van der Waals surface area contributed by atoms with Crippen LogP contribution in [0.4, 0.5) is 0 Å². The van der Waals surface area contributed by atoms with Gasteiger partial charge in [0.25, 0.3) is 0 Å². The maximum absolute atomic E-state index is 4.83. The smallest absolute Gasteiger partial charge is 0.0954 e. The molecule has 1 unspecified atom stereocenters. The zero-order valence-corrected chi connectivity index (χ0v) is 13.8. The largest absolute Gasteiger partial charge is 0.314 e. The first-order chi connectivity index (χ1) is 10.4. The standard InChI is InChI=1S/C18H26N2S/c1-2-19-16(14-9-5-3-4-6-10-14)13-18-20-15-11-7-8-12-17(15)21-18/h7-8,11-12,14,16,19H,2-6,9-10,13H2,1H3. The van der Waals surface area contributed by atoms with Gasteiger partial charge in [0, 0.05) is 12.5 Å². The molecule has 0 spiro atoms. The Morgan fingerprint density at radius 3 is 2.67 bits per heavy atom. The van der Waals surface area contributed by atoms with Crippen molar-refractivity contribution in [2.24, 2.45) is 5.92 Å². The molecular weight excluding hydrogens is 276 g/mol. The molecule has 1 N–H and O–H groups in total. The number of thiazole rings is 1. The first kappa shape index (κ1) is 15.0. The van der Waals surface area contributed by atoms with Crippen molar-refractivity contribution < 1.29 is 0 Å². The number of rotatable bonds is 5. The molecule has 2 nitrogen and oxygen atoms in total. The van der Waals surface area contributed by atoms with Gasteiger partial charge in [-0.25, -0.2) is 4.98 Å². The predicted molar refractivity (Wildman–Crippen MR) is 92.0 cm³/mol. The Kier molecular flexibility index (Phi) is 5.26. The van der Waals surface area contributed by atoms with Gasteiger partial charge in [-0.3, -0.25) is 0 Å². The van der Waals surface area contributed by atoms with E-state index >= 15 is 0 Å². The molecule has 0 aliphatic heterocycles. The normalized spacial score (nSPS) is 18.7. The molecule has 3 heteroatoms. The first-order valence-electron chi connectivity index (χ1n) is 8.44. The summed E-state index contributed by atoms with van der Waals surface area (Å²) in [6, 6.07) is 9.11. The van der Waals surface area contributed by atoms with Gasteiger partial charge in [0.2, 0.25) is 0 Å². The maximum Gasteiger partial charge on any atom is 0.0954 e. The molecule has 0 radical (unpaired) electrons. The van der Waals surface area contributed by atoms with Crippen molar-refractivity contribution >= 4 is 21.6 Å². The minimum absolute atomic E-state index is 0.605. The third-order valence-electron chi connectivity index (χ3n) is 4.67. The van der Waals surface area contributed by atoms with Gasteiger partial charge < -0.3 is 5.32 Å². The van der Waals surface area contributed by atoms with Crippen molar-refractivity contribution in [2.45, 2.75) is 57.9 Å². The Labute approximate surface area is 132 Å². The fraction of sp³-hybridized carbons (Fsp3) is 0.611. The van der Waals surface area contributed by atoms with Gasteiger partial charge in [0.05, 0.1) is 15.2 Å². The lowest BCUT2D eigenvalue weighted by atomic mass is 9.90. The van der Waals surface area contributed by atoms with Crippen LogP contribution in [0.15, 0.2) is 24.3 Å². The summed E-state index contributed by atoms with van der Waals surface area (Å²) in [5, 5.41) is 5.04. The fourth-order valence-electron chi connectivity index (χ4n) is 3.58. The van der Waals surface area contributed by atoms with Crippen LogP contribution in [0.5, 0.6) is 0 Å². The van der Waals surface area contributed by atoms with E-state index in [1.807, 2.05) is 11.3 Å². The van der Waals surface area contributed by atoms with Crippen LogP contribution in [0.25, 0.3) is 10.2 Å². The second-order valence-electron chi connectivity index (χ2n) is 6.20. The van der Waals surface area contributed by atoms with Crippen molar-refractivity contribution in [3.05, 3.63) is 29.3 Å². The van der Waals surface area contributed by atoms with E-state index in [9.17, 15) is 0 Å². The number of nitrogens with one attached hydrogen (secondary N) is 1. The van der Waals surface area contributed by atoms with Gasteiger partial charge in [0.15, 0.2) is 0 Å². The number of para-hydroxylation sites is 1. The lowest BCUT2D eigenvalue weighted by Gasteiger charge is -2.26. The number of hydrogen-bond acceptors (Lipinski definition) is 3. The Morgan fingerprint density at radius 2 is 1.95 bits per heavy atom. The van der Waals surface area contributed by atoms with E-state index in [2.05, 4.69) is 36.5 Å². The van der Waals surface area contributed by atoms with Gasteiger partial charge in [-0.15, -0.1) is 11.3 Å². The van der Waals surface area contributed by atoms with E-state index in [-0.39, 0.29) is 0 Å². The monoisotopic (exact) mass is 302 g/mol. The van der Waals surface area contributed by atoms with Crippen LogP contribution in [-0.2, 0) is 6.42 Å². The number of aromatic nitrogens is 1. The van der Waals surface area contributed by atoms with Crippen LogP contribution in [0.1, 0.15) is 50.5 Å². The molecule has 1 fully saturated rings. The average molecular weight is 302 g/mol. The number of nitrogens with zero attached hydrogens (tertiary/aromatic N) is 1. The van der Waals surface area contributed by atoms with Gasteiger partial charge >= 0.3 is 0 Å². The minimum Gasteiger partial charge on any atom is -0.314 e. The highest BCUT2D eigenvalue weighted by molar-refractivity contribution is 7.18. The summed E-state index contributed by atoms with van der Waals surface area (Å²) < 4.78 is 1.32. The predicted octanol–water partition coefficient (Wildman–Crippen LogP) is 4.79. The summed E-state index contributed by atoms with van der Waals surface area (Å²) in [5.41, 5.74) is 1.16. The highest BCUT2D eigenvalue weighted by Crippen LogP contribution is 2.29. The highest BCUT2D eigenvalue weighted by atomic mass is 32.1. The number of fused-ring (bicyclic) bond motifs is 1. The van der Waals surface area contributed by atoms with Gasteiger partial charge in [0.1, 0.15) is 0 Å². The van der Waals surface area contributed by atoms with Crippen LogP contribution in [0.3, 0.4) is 0 Å². The van der Waals surface area contributed by atoms with Crippen molar-refractivity contribution in [3.8, 4) is 0 Å². The molecule has 0 bridgehead atoms. The molecule has 3 rings (SSSR count). The molecule has 21 heavy (non-hydrogen) atoms. The Morgan fingerprint density at radius 1 is 1.19 bits per heavy atom. The van der Waals surface area contributed by atoms with Crippen LogP contribution in [0.2, 0.25) is 0 Å². The summed E-state index contributed by atoms with van der Waals surface area (Å²) in [4.78, 5) is 4.83. The van der Waals surface area contributed by atoms with E-state index in [0.29, 0.717) is 6.04 Å². The topological polar surface area (TPSA) is 24.9 Å². The van der Waals surface area contributed by atoms with Crippen LogP contribution >= 0.6 is 11.3 Å². The number of benzene rings is 1. The molecule has 1 aromatic heterocycles. The molecular formula is C18H26N2S. The van der Waals surface area contributed by atoms with Crippen molar-refractivity contribution in [3.63, 3.8) is 0 Å². The summed E-state index contributed by atoms with van der Waals surface area (Å²) in [6.45, 7) is 3.29. The second-order valence-corrected chi connectivity index (χ2v) is 7.31. The third kappa shape index (κ3) is 3.83. The van der Waals surface area contributed by atoms with Crippen molar-refractivity contribution in [2.75, 3.05) is 6.54 Å². The Bertz CT molecular complexity index is 522. The second kappa shape index (κ2) is 7.37. The van der Waals surface area contributed by atoms with E-state index in [1.165, 1.54) is 48.2 Å². The maximum atomic E-state index is 4.83. The summed E-state index contributed by atoms with van der Waals surface area (Å²) in [5.74, 6) is 0.833. The van der Waals surface area contributed by atoms with E-state index in [0.717, 1.165) is 24.4 Å². The Balaban J connectivity index is 1.74. The first-order valence-corrected chi connectivity index (χ1v) is 9.26. The number of likely N-dealkylation sites (N-methyl/N-ethyl adjacent to an activating group) is 1.